The number of aliphatic hydroxyl groups is 1. The number of anilines is 1. The molecule has 2 atom stereocenters. The van der Waals surface area contributed by atoms with E-state index in [1.165, 1.54) is 33.2 Å². The SMILES string of the molecule is CC(=O)N1CCC[C@@H](Nc2cc(-c3ccc4cc(C#N)cnn34)ncc2C(=O)NC[C@@H](F)C(C)(C)O)C1. The Morgan fingerprint density at radius 1 is 1.32 bits per heavy atom. The number of halogens is 1. The van der Waals surface area contributed by atoms with Gasteiger partial charge in [-0.25, -0.2) is 8.91 Å². The molecular formula is C26H30FN7O3. The minimum atomic E-state index is -1.65. The van der Waals surface area contributed by atoms with Gasteiger partial charge in [0.2, 0.25) is 5.91 Å². The molecule has 0 aliphatic carbocycles. The zero-order valence-electron chi connectivity index (χ0n) is 21.0. The van der Waals surface area contributed by atoms with Crippen LogP contribution in [0.2, 0.25) is 0 Å². The summed E-state index contributed by atoms with van der Waals surface area (Å²) in [5.41, 5.74) is 1.46. The van der Waals surface area contributed by atoms with E-state index < -0.39 is 17.7 Å². The number of carbonyl (C=O) groups is 2. The van der Waals surface area contributed by atoms with Crippen molar-refractivity contribution in [2.75, 3.05) is 25.0 Å². The molecule has 194 valence electrons. The van der Waals surface area contributed by atoms with E-state index in [1.807, 2.05) is 12.1 Å². The number of rotatable bonds is 7. The van der Waals surface area contributed by atoms with E-state index in [2.05, 4.69) is 26.8 Å². The second kappa shape index (κ2) is 10.5. The van der Waals surface area contributed by atoms with Crippen molar-refractivity contribution in [1.82, 2.24) is 24.8 Å². The maximum Gasteiger partial charge on any atom is 0.255 e. The van der Waals surface area contributed by atoms with Crippen LogP contribution in [-0.4, -0.2) is 73.9 Å². The molecule has 4 heterocycles. The Balaban J connectivity index is 1.67. The molecule has 0 radical (unpaired) electrons. The molecule has 1 fully saturated rings. The number of hydrogen-bond acceptors (Lipinski definition) is 7. The maximum absolute atomic E-state index is 14.3. The van der Waals surface area contributed by atoms with Crippen LogP contribution in [0.1, 0.15) is 49.5 Å². The van der Waals surface area contributed by atoms with Gasteiger partial charge >= 0.3 is 0 Å². The Hall–Kier alpha value is -4.04. The second-order valence-electron chi connectivity index (χ2n) is 9.81. The first-order valence-corrected chi connectivity index (χ1v) is 12.1. The van der Waals surface area contributed by atoms with E-state index in [-0.39, 0.29) is 24.1 Å². The fourth-order valence-electron chi connectivity index (χ4n) is 4.28. The first kappa shape index (κ1) is 26.0. The van der Waals surface area contributed by atoms with Crippen LogP contribution in [0.15, 0.2) is 36.7 Å². The topological polar surface area (TPSA) is 136 Å². The fourth-order valence-corrected chi connectivity index (χ4v) is 4.28. The number of fused-ring (bicyclic) bond motifs is 1. The van der Waals surface area contributed by atoms with Gasteiger partial charge in [-0.1, -0.05) is 0 Å². The van der Waals surface area contributed by atoms with Crippen LogP contribution in [0.25, 0.3) is 16.9 Å². The highest BCUT2D eigenvalue weighted by Crippen LogP contribution is 2.27. The number of nitrogens with one attached hydrogen (secondary N) is 2. The van der Waals surface area contributed by atoms with E-state index in [4.69, 9.17) is 5.26 Å². The largest absolute Gasteiger partial charge is 0.387 e. The standard InChI is InChI=1S/C26H30FN7O3/c1-16(35)33-8-4-5-18(15-33)32-21-10-22(23-7-6-19-9-17(11-28)12-31-34(19)23)29-13-20(21)25(36)30-14-24(27)26(2,3)37/h6-7,9-10,12-13,18,24,37H,4-5,8,14-15H2,1-3H3,(H,29,32)(H,30,36)/t18-,24-/m1/s1. The number of nitriles is 1. The highest BCUT2D eigenvalue weighted by Gasteiger charge is 2.28. The Morgan fingerprint density at radius 3 is 2.81 bits per heavy atom. The summed E-state index contributed by atoms with van der Waals surface area (Å²) in [6, 6.07) is 9.06. The van der Waals surface area contributed by atoms with E-state index in [1.54, 1.807) is 21.5 Å². The summed E-state index contributed by atoms with van der Waals surface area (Å²) < 4.78 is 15.9. The number of amides is 2. The number of hydrogen-bond donors (Lipinski definition) is 3. The van der Waals surface area contributed by atoms with Crippen LogP contribution in [0.3, 0.4) is 0 Å². The summed E-state index contributed by atoms with van der Waals surface area (Å²) in [6.45, 7) is 5.03. The van der Waals surface area contributed by atoms with Gasteiger partial charge in [0.05, 0.1) is 52.1 Å². The van der Waals surface area contributed by atoms with Crippen LogP contribution >= 0.6 is 0 Å². The summed E-state index contributed by atoms with van der Waals surface area (Å²) in [7, 11) is 0. The summed E-state index contributed by atoms with van der Waals surface area (Å²) in [4.78, 5) is 31.2. The second-order valence-corrected chi connectivity index (χ2v) is 9.81. The quantitative estimate of drug-likeness (QED) is 0.447. The van der Waals surface area contributed by atoms with Crippen molar-refractivity contribution >= 4 is 23.0 Å². The Labute approximate surface area is 214 Å². The van der Waals surface area contributed by atoms with Crippen molar-refractivity contribution < 1.29 is 19.1 Å². The molecule has 37 heavy (non-hydrogen) atoms. The van der Waals surface area contributed by atoms with Crippen molar-refractivity contribution in [1.29, 1.82) is 5.26 Å². The van der Waals surface area contributed by atoms with Crippen LogP contribution in [0.4, 0.5) is 10.1 Å². The Kier molecular flexibility index (Phi) is 7.40. The lowest BCUT2D eigenvalue weighted by Crippen LogP contribution is -2.44. The first-order chi connectivity index (χ1) is 17.6. The molecule has 1 aliphatic heterocycles. The molecule has 0 aromatic carbocycles. The molecule has 0 spiro atoms. The number of carbonyl (C=O) groups excluding carboxylic acids is 2. The van der Waals surface area contributed by atoms with Gasteiger partial charge in [-0.3, -0.25) is 14.6 Å². The molecule has 3 N–H and O–H groups in total. The van der Waals surface area contributed by atoms with Crippen molar-refractivity contribution in [3.05, 3.63) is 47.8 Å². The average molecular weight is 508 g/mol. The van der Waals surface area contributed by atoms with E-state index in [0.717, 1.165) is 18.4 Å². The van der Waals surface area contributed by atoms with Gasteiger partial charge in [0.15, 0.2) is 0 Å². The van der Waals surface area contributed by atoms with Gasteiger partial charge in [-0.15, -0.1) is 0 Å². The molecule has 4 rings (SSSR count). The molecule has 1 aliphatic rings. The van der Waals surface area contributed by atoms with Gasteiger partial charge < -0.3 is 20.6 Å². The fraction of sp³-hybridized carbons (Fsp3) is 0.423. The zero-order valence-corrected chi connectivity index (χ0v) is 21.0. The summed E-state index contributed by atoms with van der Waals surface area (Å²) in [5, 5.41) is 29.3. The van der Waals surface area contributed by atoms with E-state index >= 15 is 0 Å². The molecule has 3 aromatic rings. The smallest absolute Gasteiger partial charge is 0.255 e. The third kappa shape index (κ3) is 5.86. The van der Waals surface area contributed by atoms with E-state index in [9.17, 15) is 19.1 Å². The minimum Gasteiger partial charge on any atom is -0.387 e. The number of aromatic nitrogens is 3. The normalized spacial score (nSPS) is 16.8. The molecular weight excluding hydrogens is 477 g/mol. The Bertz CT molecular complexity index is 1360. The predicted molar refractivity (Wildman–Crippen MR) is 136 cm³/mol. The lowest BCUT2D eigenvalue weighted by molar-refractivity contribution is -0.129. The average Bonchev–Trinajstić information content (AvgIpc) is 3.29. The van der Waals surface area contributed by atoms with Gasteiger partial charge in [0, 0.05) is 32.3 Å². The highest BCUT2D eigenvalue weighted by molar-refractivity contribution is 6.00. The van der Waals surface area contributed by atoms with Crippen molar-refractivity contribution in [3.8, 4) is 17.5 Å². The van der Waals surface area contributed by atoms with Crippen molar-refractivity contribution in [3.63, 3.8) is 0 Å². The molecule has 1 saturated heterocycles. The number of nitrogens with zero attached hydrogens (tertiary/aromatic N) is 5. The molecule has 11 heteroatoms. The lowest BCUT2D eigenvalue weighted by atomic mass is 10.0. The zero-order chi connectivity index (χ0) is 26.7. The van der Waals surface area contributed by atoms with Crippen molar-refractivity contribution in [2.45, 2.75) is 51.4 Å². The van der Waals surface area contributed by atoms with Gasteiger partial charge in [-0.05, 0) is 51.0 Å². The molecule has 2 amide bonds. The number of alkyl halides is 1. The summed E-state index contributed by atoms with van der Waals surface area (Å²) in [6.07, 6.45) is 2.85. The third-order valence-corrected chi connectivity index (χ3v) is 6.48. The summed E-state index contributed by atoms with van der Waals surface area (Å²) >= 11 is 0. The maximum atomic E-state index is 14.3. The minimum absolute atomic E-state index is 0.0112. The first-order valence-electron chi connectivity index (χ1n) is 12.1. The monoisotopic (exact) mass is 507 g/mol. The molecule has 3 aromatic heterocycles. The predicted octanol–water partition coefficient (Wildman–Crippen LogP) is 2.53. The lowest BCUT2D eigenvalue weighted by Gasteiger charge is -2.33. The molecule has 0 unspecified atom stereocenters. The highest BCUT2D eigenvalue weighted by atomic mass is 19.1. The van der Waals surface area contributed by atoms with Gasteiger partial charge in [0.1, 0.15) is 12.2 Å². The third-order valence-electron chi connectivity index (χ3n) is 6.48. The number of likely N-dealkylation sites (tertiary alicyclic amines) is 1. The van der Waals surface area contributed by atoms with Crippen LogP contribution in [0.5, 0.6) is 0 Å². The summed E-state index contributed by atoms with van der Waals surface area (Å²) in [5.74, 6) is -0.549. The van der Waals surface area contributed by atoms with Crippen molar-refractivity contribution in [2.24, 2.45) is 0 Å². The molecule has 0 saturated carbocycles. The molecule has 10 nitrogen and oxygen atoms in total. The molecule has 0 bridgehead atoms. The van der Waals surface area contributed by atoms with Crippen LogP contribution < -0.4 is 10.6 Å². The Morgan fingerprint density at radius 2 is 2.11 bits per heavy atom. The number of pyridine rings is 1. The van der Waals surface area contributed by atoms with Gasteiger partial charge in [-0.2, -0.15) is 10.4 Å². The van der Waals surface area contributed by atoms with Crippen LogP contribution in [-0.2, 0) is 4.79 Å². The van der Waals surface area contributed by atoms with E-state index in [0.29, 0.717) is 35.7 Å². The van der Waals surface area contributed by atoms with Gasteiger partial charge in [0.25, 0.3) is 5.91 Å². The van der Waals surface area contributed by atoms with Crippen LogP contribution in [0, 0.1) is 11.3 Å². The number of piperidine rings is 1.